The Bertz CT molecular complexity index is 463. The van der Waals surface area contributed by atoms with Crippen LogP contribution in [0.4, 0.5) is 4.39 Å². The van der Waals surface area contributed by atoms with Crippen molar-refractivity contribution in [2.24, 2.45) is 0 Å². The Kier molecular flexibility index (Phi) is 3.93. The van der Waals surface area contributed by atoms with E-state index in [0.717, 1.165) is 25.1 Å². The molecule has 0 aliphatic carbocycles. The van der Waals surface area contributed by atoms with Gasteiger partial charge in [-0.1, -0.05) is 6.92 Å². The molecule has 0 fully saturated rings. The van der Waals surface area contributed by atoms with E-state index in [2.05, 4.69) is 11.8 Å². The van der Waals surface area contributed by atoms with Crippen LogP contribution >= 0.6 is 0 Å². The number of halogens is 1. The highest BCUT2D eigenvalue weighted by Gasteiger charge is 2.21. The lowest BCUT2D eigenvalue weighted by Crippen LogP contribution is -2.32. The van der Waals surface area contributed by atoms with E-state index in [1.165, 1.54) is 11.5 Å². The molecular formula is C13H17FN2O2. The van der Waals surface area contributed by atoms with Crippen molar-refractivity contribution in [1.29, 1.82) is 0 Å². The summed E-state index contributed by atoms with van der Waals surface area (Å²) >= 11 is 0. The molecule has 5 heteroatoms. The van der Waals surface area contributed by atoms with Gasteiger partial charge < -0.3 is 0 Å². The molecule has 0 spiro atoms. The molecule has 18 heavy (non-hydrogen) atoms. The average molecular weight is 252 g/mol. The van der Waals surface area contributed by atoms with E-state index in [9.17, 15) is 9.18 Å². The van der Waals surface area contributed by atoms with E-state index in [1.807, 2.05) is 0 Å². The van der Waals surface area contributed by atoms with Crippen LogP contribution in [-0.2, 0) is 13.0 Å². The molecule has 0 atom stereocenters. The van der Waals surface area contributed by atoms with Crippen LogP contribution in [0.5, 0.6) is 0 Å². The van der Waals surface area contributed by atoms with Gasteiger partial charge in [-0.3, -0.25) is 14.9 Å². The second kappa shape index (κ2) is 5.46. The lowest BCUT2D eigenvalue weighted by molar-refractivity contribution is 0.0705. The number of amides is 1. The summed E-state index contributed by atoms with van der Waals surface area (Å²) in [5.41, 5.74) is 3.22. The average Bonchev–Trinajstić information content (AvgIpc) is 2.37. The van der Waals surface area contributed by atoms with Crippen molar-refractivity contribution in [1.82, 2.24) is 10.4 Å². The largest absolute Gasteiger partial charge is 0.299 e. The predicted molar refractivity (Wildman–Crippen MR) is 64.9 cm³/mol. The van der Waals surface area contributed by atoms with Gasteiger partial charge in [0.25, 0.3) is 5.91 Å². The Hall–Kier alpha value is -1.46. The van der Waals surface area contributed by atoms with E-state index in [1.54, 1.807) is 6.07 Å². The van der Waals surface area contributed by atoms with Gasteiger partial charge in [-0.05, 0) is 42.6 Å². The number of nitrogens with zero attached hydrogens (tertiary/aromatic N) is 1. The maximum absolute atomic E-state index is 13.9. The standard InChI is InChI=1S/C13H17FN2O2/c1-2-4-16-5-3-11-10(8-16)6-9(7-12(11)14)13(17)15-18/h6-7,18H,2-5,8H2,1H3,(H,15,17). The minimum atomic E-state index is -0.677. The Morgan fingerprint density at radius 3 is 3.00 bits per heavy atom. The molecule has 0 saturated carbocycles. The van der Waals surface area contributed by atoms with Crippen molar-refractivity contribution in [2.75, 3.05) is 13.1 Å². The fourth-order valence-corrected chi connectivity index (χ4v) is 2.41. The van der Waals surface area contributed by atoms with Crippen LogP contribution in [0, 0.1) is 5.82 Å². The fraction of sp³-hybridized carbons (Fsp3) is 0.462. The highest BCUT2D eigenvalue weighted by Crippen LogP contribution is 2.23. The van der Waals surface area contributed by atoms with Gasteiger partial charge in [0.15, 0.2) is 0 Å². The van der Waals surface area contributed by atoms with Crippen molar-refractivity contribution in [2.45, 2.75) is 26.3 Å². The molecule has 4 nitrogen and oxygen atoms in total. The molecule has 0 radical (unpaired) electrons. The summed E-state index contributed by atoms with van der Waals surface area (Å²) in [6.45, 7) is 4.58. The van der Waals surface area contributed by atoms with Gasteiger partial charge in [0.05, 0.1) is 0 Å². The van der Waals surface area contributed by atoms with Crippen LogP contribution in [-0.4, -0.2) is 29.1 Å². The molecule has 1 heterocycles. The number of carbonyl (C=O) groups is 1. The maximum Gasteiger partial charge on any atom is 0.274 e. The van der Waals surface area contributed by atoms with E-state index in [-0.39, 0.29) is 11.4 Å². The summed E-state index contributed by atoms with van der Waals surface area (Å²) in [6, 6.07) is 2.84. The first-order valence-electron chi connectivity index (χ1n) is 6.13. The van der Waals surface area contributed by atoms with Crippen molar-refractivity contribution in [3.63, 3.8) is 0 Å². The van der Waals surface area contributed by atoms with Gasteiger partial charge in [0, 0.05) is 18.7 Å². The molecule has 0 aromatic heterocycles. The van der Waals surface area contributed by atoms with Gasteiger partial charge in [0.1, 0.15) is 5.82 Å². The lowest BCUT2D eigenvalue weighted by atomic mass is 9.96. The topological polar surface area (TPSA) is 52.6 Å². The number of carbonyl (C=O) groups excluding carboxylic acids is 1. The van der Waals surface area contributed by atoms with Crippen molar-refractivity contribution in [3.8, 4) is 0 Å². The highest BCUT2D eigenvalue weighted by molar-refractivity contribution is 5.93. The maximum atomic E-state index is 13.9. The first kappa shape index (κ1) is 13.0. The number of hydroxylamine groups is 1. The van der Waals surface area contributed by atoms with Crippen molar-refractivity contribution < 1.29 is 14.4 Å². The summed E-state index contributed by atoms with van der Waals surface area (Å²) in [5, 5.41) is 8.59. The van der Waals surface area contributed by atoms with Crippen LogP contribution in [0.15, 0.2) is 12.1 Å². The molecular weight excluding hydrogens is 235 g/mol. The molecule has 0 bridgehead atoms. The molecule has 98 valence electrons. The van der Waals surface area contributed by atoms with Crippen LogP contribution in [0.3, 0.4) is 0 Å². The molecule has 0 saturated heterocycles. The first-order chi connectivity index (χ1) is 8.65. The van der Waals surface area contributed by atoms with Crippen LogP contribution in [0.25, 0.3) is 0 Å². The fourth-order valence-electron chi connectivity index (χ4n) is 2.41. The van der Waals surface area contributed by atoms with Gasteiger partial charge in [-0.2, -0.15) is 0 Å². The first-order valence-corrected chi connectivity index (χ1v) is 6.13. The van der Waals surface area contributed by atoms with E-state index >= 15 is 0 Å². The van der Waals surface area contributed by atoms with Gasteiger partial charge >= 0.3 is 0 Å². The molecule has 1 aliphatic rings. The number of hydrogen-bond donors (Lipinski definition) is 2. The number of nitrogens with one attached hydrogen (secondary N) is 1. The van der Waals surface area contributed by atoms with E-state index in [4.69, 9.17) is 5.21 Å². The Balaban J connectivity index is 2.30. The molecule has 2 N–H and O–H groups in total. The molecule has 1 aromatic rings. The smallest absolute Gasteiger partial charge is 0.274 e. The SMILES string of the molecule is CCCN1CCc2c(F)cc(C(=O)NO)cc2C1. The molecule has 1 aromatic carbocycles. The molecule has 0 unspecified atom stereocenters. The van der Waals surface area contributed by atoms with Gasteiger partial charge in [0.2, 0.25) is 0 Å². The summed E-state index contributed by atoms with van der Waals surface area (Å²) in [4.78, 5) is 13.6. The quantitative estimate of drug-likeness (QED) is 0.636. The second-order valence-corrected chi connectivity index (χ2v) is 4.56. The Morgan fingerprint density at radius 2 is 2.33 bits per heavy atom. The third-order valence-electron chi connectivity index (χ3n) is 3.26. The summed E-state index contributed by atoms with van der Waals surface area (Å²) in [7, 11) is 0. The van der Waals surface area contributed by atoms with Crippen molar-refractivity contribution >= 4 is 5.91 Å². The minimum Gasteiger partial charge on any atom is -0.299 e. The number of hydrogen-bond acceptors (Lipinski definition) is 3. The summed E-state index contributed by atoms with van der Waals surface area (Å²) in [6.07, 6.45) is 1.72. The number of rotatable bonds is 3. The third kappa shape index (κ3) is 2.52. The minimum absolute atomic E-state index is 0.159. The molecule has 2 rings (SSSR count). The Labute approximate surface area is 105 Å². The molecule has 1 aliphatic heterocycles. The van der Waals surface area contributed by atoms with Gasteiger partial charge in [-0.25, -0.2) is 9.87 Å². The molecule has 1 amide bonds. The normalized spacial score (nSPS) is 15.3. The summed E-state index contributed by atoms with van der Waals surface area (Å²) in [5.74, 6) is -1.04. The van der Waals surface area contributed by atoms with Crippen LogP contribution in [0.1, 0.15) is 34.8 Å². The predicted octanol–water partition coefficient (Wildman–Crippen LogP) is 1.71. The van der Waals surface area contributed by atoms with Crippen LogP contribution in [0.2, 0.25) is 0 Å². The number of fused-ring (bicyclic) bond motifs is 1. The van der Waals surface area contributed by atoms with Crippen molar-refractivity contribution in [3.05, 3.63) is 34.6 Å². The van der Waals surface area contributed by atoms with E-state index in [0.29, 0.717) is 18.5 Å². The monoisotopic (exact) mass is 252 g/mol. The zero-order valence-corrected chi connectivity index (χ0v) is 10.4. The number of benzene rings is 1. The van der Waals surface area contributed by atoms with Crippen LogP contribution < -0.4 is 5.48 Å². The highest BCUT2D eigenvalue weighted by atomic mass is 19.1. The summed E-state index contributed by atoms with van der Waals surface area (Å²) < 4.78 is 13.9. The zero-order chi connectivity index (χ0) is 13.1. The Morgan fingerprint density at radius 1 is 1.56 bits per heavy atom. The lowest BCUT2D eigenvalue weighted by Gasteiger charge is -2.28. The van der Waals surface area contributed by atoms with Gasteiger partial charge in [-0.15, -0.1) is 0 Å². The third-order valence-corrected chi connectivity index (χ3v) is 3.26. The van der Waals surface area contributed by atoms with E-state index < -0.39 is 5.91 Å². The zero-order valence-electron chi connectivity index (χ0n) is 10.4. The second-order valence-electron chi connectivity index (χ2n) is 4.56.